The van der Waals surface area contributed by atoms with E-state index in [1.165, 1.54) is 6.33 Å². The molecule has 9 nitrogen and oxygen atoms in total. The summed E-state index contributed by atoms with van der Waals surface area (Å²) in [5.74, 6) is 1.76. The fourth-order valence-corrected chi connectivity index (χ4v) is 4.15. The van der Waals surface area contributed by atoms with Crippen LogP contribution in [0.15, 0.2) is 24.7 Å². The third-order valence-electron chi connectivity index (χ3n) is 5.44. The zero-order chi connectivity index (χ0) is 18.4. The van der Waals surface area contributed by atoms with Crippen LogP contribution in [0.4, 0.5) is 5.82 Å². The Morgan fingerprint density at radius 2 is 2.11 bits per heavy atom. The molecule has 9 heteroatoms. The predicted octanol–water partition coefficient (Wildman–Crippen LogP) is 1.20. The Labute approximate surface area is 156 Å². The SMILES string of the molecule is Cc1cc(N2Cc3ccnn3[C@@H](CC(=O)N3CCCC3)C2)n2ncnc2n1. The molecule has 5 rings (SSSR count). The van der Waals surface area contributed by atoms with Crippen molar-refractivity contribution in [1.82, 2.24) is 34.3 Å². The molecule has 0 spiro atoms. The quantitative estimate of drug-likeness (QED) is 0.693. The van der Waals surface area contributed by atoms with Crippen LogP contribution in [-0.2, 0) is 11.3 Å². The number of aromatic nitrogens is 6. The highest BCUT2D eigenvalue weighted by Gasteiger charge is 2.31. The van der Waals surface area contributed by atoms with Crippen molar-refractivity contribution in [3.05, 3.63) is 36.0 Å². The number of anilines is 1. The Morgan fingerprint density at radius 3 is 2.96 bits per heavy atom. The van der Waals surface area contributed by atoms with Gasteiger partial charge in [-0.05, 0) is 25.8 Å². The Hall–Kier alpha value is -2.97. The molecule has 0 aliphatic carbocycles. The molecule has 0 aromatic carbocycles. The Morgan fingerprint density at radius 1 is 1.26 bits per heavy atom. The zero-order valence-electron chi connectivity index (χ0n) is 15.3. The molecule has 0 radical (unpaired) electrons. The van der Waals surface area contributed by atoms with Gasteiger partial charge in [-0.2, -0.15) is 19.7 Å². The second-order valence-corrected chi connectivity index (χ2v) is 7.32. The van der Waals surface area contributed by atoms with Gasteiger partial charge in [-0.1, -0.05) is 0 Å². The van der Waals surface area contributed by atoms with Crippen molar-refractivity contribution in [3.8, 4) is 0 Å². The maximum atomic E-state index is 12.7. The minimum atomic E-state index is 0.00360. The molecule has 1 amide bonds. The lowest BCUT2D eigenvalue weighted by atomic mass is 10.1. The highest BCUT2D eigenvalue weighted by Crippen LogP contribution is 2.28. The minimum absolute atomic E-state index is 0.00360. The first-order valence-corrected chi connectivity index (χ1v) is 9.41. The number of carbonyl (C=O) groups excluding carboxylic acids is 1. The van der Waals surface area contributed by atoms with Crippen LogP contribution >= 0.6 is 0 Å². The van der Waals surface area contributed by atoms with Crippen molar-refractivity contribution in [2.45, 2.75) is 38.8 Å². The van der Waals surface area contributed by atoms with E-state index in [9.17, 15) is 4.79 Å². The zero-order valence-corrected chi connectivity index (χ0v) is 15.3. The summed E-state index contributed by atoms with van der Waals surface area (Å²) >= 11 is 0. The number of carbonyl (C=O) groups is 1. The standard InChI is InChI=1S/C18H22N8O/c1-13-8-16(26-18(22-13)19-12-21-26)24-10-14-4-5-20-25(14)15(11-24)9-17(27)23-6-2-3-7-23/h4-5,8,12,15H,2-3,6-7,9-11H2,1H3/t15-/m0/s1. The third kappa shape index (κ3) is 2.83. The summed E-state index contributed by atoms with van der Waals surface area (Å²) in [6.45, 7) is 5.13. The van der Waals surface area contributed by atoms with Gasteiger partial charge in [-0.15, -0.1) is 0 Å². The molecule has 27 heavy (non-hydrogen) atoms. The fourth-order valence-electron chi connectivity index (χ4n) is 4.15. The average molecular weight is 366 g/mol. The van der Waals surface area contributed by atoms with Crippen molar-refractivity contribution in [3.63, 3.8) is 0 Å². The van der Waals surface area contributed by atoms with E-state index >= 15 is 0 Å². The van der Waals surface area contributed by atoms with E-state index in [0.717, 1.165) is 43.1 Å². The molecule has 0 bridgehead atoms. The van der Waals surface area contributed by atoms with Crippen molar-refractivity contribution in [1.29, 1.82) is 0 Å². The molecule has 140 valence electrons. The lowest BCUT2D eigenvalue weighted by molar-refractivity contribution is -0.131. The summed E-state index contributed by atoms with van der Waals surface area (Å²) in [5.41, 5.74) is 2.00. The number of hydrogen-bond acceptors (Lipinski definition) is 6. The molecule has 2 aliphatic heterocycles. The predicted molar refractivity (Wildman–Crippen MR) is 98.3 cm³/mol. The van der Waals surface area contributed by atoms with Crippen LogP contribution in [0.5, 0.6) is 0 Å². The topological polar surface area (TPSA) is 84.5 Å². The number of nitrogens with zero attached hydrogens (tertiary/aromatic N) is 8. The van der Waals surface area contributed by atoms with Crippen molar-refractivity contribution in [2.75, 3.05) is 24.5 Å². The van der Waals surface area contributed by atoms with Crippen molar-refractivity contribution < 1.29 is 4.79 Å². The summed E-state index contributed by atoms with van der Waals surface area (Å²) in [6.07, 6.45) is 6.02. The Bertz CT molecular complexity index is 986. The number of aryl methyl sites for hydroxylation is 1. The van der Waals surface area contributed by atoms with Gasteiger partial charge >= 0.3 is 0 Å². The second-order valence-electron chi connectivity index (χ2n) is 7.32. The van der Waals surface area contributed by atoms with Gasteiger partial charge in [0.1, 0.15) is 12.1 Å². The third-order valence-corrected chi connectivity index (χ3v) is 5.44. The van der Waals surface area contributed by atoms with Gasteiger partial charge < -0.3 is 9.80 Å². The highest BCUT2D eigenvalue weighted by atomic mass is 16.2. The molecule has 1 fully saturated rings. The van der Waals surface area contributed by atoms with Crippen LogP contribution in [-0.4, -0.2) is 59.8 Å². The molecule has 0 unspecified atom stereocenters. The van der Waals surface area contributed by atoms with Crippen LogP contribution in [0.2, 0.25) is 0 Å². The van der Waals surface area contributed by atoms with E-state index in [4.69, 9.17) is 0 Å². The molecule has 2 aliphatic rings. The monoisotopic (exact) mass is 366 g/mol. The van der Waals surface area contributed by atoms with Crippen LogP contribution in [0.25, 0.3) is 5.78 Å². The molecule has 3 aromatic rings. The minimum Gasteiger partial charge on any atom is -0.348 e. The van der Waals surface area contributed by atoms with Gasteiger partial charge in [0, 0.05) is 37.6 Å². The van der Waals surface area contributed by atoms with Crippen LogP contribution < -0.4 is 4.90 Å². The largest absolute Gasteiger partial charge is 0.348 e. The number of rotatable bonds is 3. The van der Waals surface area contributed by atoms with Gasteiger partial charge in [0.15, 0.2) is 0 Å². The van der Waals surface area contributed by atoms with E-state index in [1.54, 1.807) is 4.52 Å². The average Bonchev–Trinajstić information content (AvgIpc) is 3.40. The molecule has 1 atom stereocenters. The highest BCUT2D eigenvalue weighted by molar-refractivity contribution is 5.77. The second kappa shape index (κ2) is 6.33. The fraction of sp³-hybridized carbons (Fsp3) is 0.500. The molecule has 1 saturated heterocycles. The van der Waals surface area contributed by atoms with Crippen LogP contribution in [0, 0.1) is 6.92 Å². The van der Waals surface area contributed by atoms with E-state index in [-0.39, 0.29) is 11.9 Å². The lowest BCUT2D eigenvalue weighted by Crippen LogP contribution is -2.41. The van der Waals surface area contributed by atoms with Gasteiger partial charge in [-0.3, -0.25) is 9.48 Å². The first-order chi connectivity index (χ1) is 13.2. The smallest absolute Gasteiger partial charge is 0.254 e. The first-order valence-electron chi connectivity index (χ1n) is 9.41. The summed E-state index contributed by atoms with van der Waals surface area (Å²) in [5, 5.41) is 8.82. The van der Waals surface area contributed by atoms with E-state index in [1.807, 2.05) is 34.8 Å². The molecule has 3 aromatic heterocycles. The van der Waals surface area contributed by atoms with E-state index in [0.29, 0.717) is 25.3 Å². The lowest BCUT2D eigenvalue weighted by Gasteiger charge is -2.35. The molecule has 5 heterocycles. The summed E-state index contributed by atoms with van der Waals surface area (Å²) < 4.78 is 3.77. The van der Waals surface area contributed by atoms with Crippen LogP contribution in [0.3, 0.4) is 0 Å². The van der Waals surface area contributed by atoms with E-state index in [2.05, 4.69) is 25.1 Å². The van der Waals surface area contributed by atoms with Gasteiger partial charge in [0.05, 0.1) is 24.7 Å². The van der Waals surface area contributed by atoms with Gasteiger partial charge in [-0.25, -0.2) is 4.98 Å². The summed E-state index contributed by atoms with van der Waals surface area (Å²) in [7, 11) is 0. The summed E-state index contributed by atoms with van der Waals surface area (Å²) in [4.78, 5) is 25.6. The van der Waals surface area contributed by atoms with Crippen molar-refractivity contribution in [2.24, 2.45) is 0 Å². The van der Waals surface area contributed by atoms with Gasteiger partial charge in [0.25, 0.3) is 5.78 Å². The number of amides is 1. The number of hydrogen-bond donors (Lipinski definition) is 0. The van der Waals surface area contributed by atoms with Gasteiger partial charge in [0.2, 0.25) is 5.91 Å². The molecular weight excluding hydrogens is 344 g/mol. The first kappa shape index (κ1) is 16.2. The maximum absolute atomic E-state index is 12.7. The Balaban J connectivity index is 1.47. The maximum Gasteiger partial charge on any atom is 0.254 e. The Kier molecular flexibility index (Phi) is 3.80. The molecule has 0 saturated carbocycles. The number of fused-ring (bicyclic) bond motifs is 2. The normalized spacial score (nSPS) is 19.7. The molecular formula is C18H22N8O. The molecule has 0 N–H and O–H groups in total. The van der Waals surface area contributed by atoms with Crippen LogP contribution in [0.1, 0.15) is 36.7 Å². The number of likely N-dealkylation sites (tertiary alicyclic amines) is 1. The van der Waals surface area contributed by atoms with Crippen molar-refractivity contribution >= 4 is 17.5 Å². The summed E-state index contributed by atoms with van der Waals surface area (Å²) in [6, 6.07) is 4.04. The van der Waals surface area contributed by atoms with E-state index < -0.39 is 0 Å².